The fourth-order valence-corrected chi connectivity index (χ4v) is 3.86. The summed E-state index contributed by atoms with van der Waals surface area (Å²) in [4.78, 5) is 30.1. The van der Waals surface area contributed by atoms with E-state index < -0.39 is 11.0 Å². The van der Waals surface area contributed by atoms with Gasteiger partial charge in [-0.15, -0.1) is 11.8 Å². The molecule has 1 heterocycles. The average molecular weight is 317 g/mol. The van der Waals surface area contributed by atoms with E-state index in [1.54, 1.807) is 12.1 Å². The van der Waals surface area contributed by atoms with Gasteiger partial charge in [0, 0.05) is 29.5 Å². The fraction of sp³-hybridized carbons (Fsp3) is 0.400. The van der Waals surface area contributed by atoms with Gasteiger partial charge in [-0.25, -0.2) is 9.79 Å². The third kappa shape index (κ3) is 3.24. The van der Waals surface area contributed by atoms with Crippen LogP contribution in [-0.4, -0.2) is 21.7 Å². The van der Waals surface area contributed by atoms with Crippen LogP contribution in [0.5, 0.6) is 0 Å². The van der Waals surface area contributed by atoms with E-state index in [0.29, 0.717) is 5.75 Å². The Bertz CT molecular complexity index is 684. The second-order valence-electron chi connectivity index (χ2n) is 5.35. The second-order valence-corrected chi connectivity index (χ2v) is 6.35. The Kier molecular flexibility index (Phi) is 4.33. The zero-order chi connectivity index (χ0) is 15.5. The summed E-state index contributed by atoms with van der Waals surface area (Å²) in [6, 6.07) is 6.14. The Morgan fingerprint density at radius 1 is 1.32 bits per heavy atom. The molecule has 3 rings (SSSR count). The molecule has 0 radical (unpaired) electrons. The van der Waals surface area contributed by atoms with Crippen molar-refractivity contribution in [2.24, 2.45) is 15.9 Å². The Labute approximate surface area is 131 Å². The molecule has 1 fully saturated rings. The zero-order valence-corrected chi connectivity index (χ0v) is 12.7. The molecule has 1 aromatic carbocycles. The van der Waals surface area contributed by atoms with E-state index in [0.717, 1.165) is 42.0 Å². The topological polar surface area (TPSA) is 84.9 Å². The number of carbonyl (C=O) groups excluding carboxylic acids is 1. The van der Waals surface area contributed by atoms with Gasteiger partial charge >= 0.3 is 6.03 Å². The number of fused-ring (bicyclic) bond motifs is 1. The number of amides is 2. The molecule has 2 aliphatic rings. The minimum atomic E-state index is -0.422. The molecule has 1 aromatic rings. The van der Waals surface area contributed by atoms with Crippen molar-refractivity contribution in [3.8, 4) is 0 Å². The van der Waals surface area contributed by atoms with Gasteiger partial charge in [-0.05, 0) is 24.8 Å². The van der Waals surface area contributed by atoms with E-state index in [9.17, 15) is 14.9 Å². The molecule has 1 saturated carbocycles. The summed E-state index contributed by atoms with van der Waals surface area (Å²) in [6.45, 7) is 0. The quantitative estimate of drug-likeness (QED) is 0.623. The highest BCUT2D eigenvalue weighted by Crippen LogP contribution is 2.32. The highest BCUT2D eigenvalue weighted by Gasteiger charge is 2.30. The first-order valence-corrected chi connectivity index (χ1v) is 8.18. The van der Waals surface area contributed by atoms with Crippen LogP contribution in [0.3, 0.4) is 0 Å². The normalized spacial score (nSPS) is 20.9. The standard InChI is InChI=1S/C15H15N3O3S/c19-15-16-13-7-2-1-6-12(13)14(17-15)22-9-10-4-3-5-11(8-10)18(20)21/h3-5,8,12H,1-2,6-7,9H2. The first-order valence-electron chi connectivity index (χ1n) is 7.19. The number of nitro groups is 1. The maximum Gasteiger partial charge on any atom is 0.367 e. The van der Waals surface area contributed by atoms with Gasteiger partial charge < -0.3 is 0 Å². The maximum absolute atomic E-state index is 11.6. The fourth-order valence-electron chi connectivity index (χ4n) is 2.77. The number of rotatable bonds is 3. The molecule has 7 heteroatoms. The van der Waals surface area contributed by atoms with Gasteiger partial charge in [0.05, 0.1) is 9.97 Å². The third-order valence-corrected chi connectivity index (χ3v) is 4.98. The van der Waals surface area contributed by atoms with Crippen molar-refractivity contribution < 1.29 is 9.72 Å². The Hall–Kier alpha value is -2.02. The number of hydrogen-bond acceptors (Lipinski definition) is 4. The molecule has 0 saturated heterocycles. The van der Waals surface area contributed by atoms with Crippen LogP contribution >= 0.6 is 11.8 Å². The summed E-state index contributed by atoms with van der Waals surface area (Å²) < 4.78 is 0. The van der Waals surface area contributed by atoms with Crippen molar-refractivity contribution >= 4 is 34.2 Å². The highest BCUT2D eigenvalue weighted by molar-refractivity contribution is 8.13. The Morgan fingerprint density at radius 3 is 3.00 bits per heavy atom. The maximum atomic E-state index is 11.6. The van der Waals surface area contributed by atoms with Gasteiger partial charge in [-0.3, -0.25) is 10.1 Å². The third-order valence-electron chi connectivity index (χ3n) is 3.83. The molecule has 22 heavy (non-hydrogen) atoms. The summed E-state index contributed by atoms with van der Waals surface area (Å²) in [5.74, 6) is 0.729. The van der Waals surface area contributed by atoms with Gasteiger partial charge in [0.25, 0.3) is 5.69 Å². The van der Waals surface area contributed by atoms with Crippen molar-refractivity contribution in [2.45, 2.75) is 31.4 Å². The molecule has 0 aromatic heterocycles. The van der Waals surface area contributed by atoms with E-state index in [4.69, 9.17) is 0 Å². The molecule has 1 aliphatic heterocycles. The lowest BCUT2D eigenvalue weighted by atomic mass is 9.87. The molecular weight excluding hydrogens is 302 g/mol. The number of urea groups is 1. The summed E-state index contributed by atoms with van der Waals surface area (Å²) in [5, 5.41) is 11.6. The van der Waals surface area contributed by atoms with Crippen molar-refractivity contribution in [3.05, 3.63) is 39.9 Å². The Balaban J connectivity index is 1.71. The van der Waals surface area contributed by atoms with E-state index in [-0.39, 0.29) is 11.6 Å². The van der Waals surface area contributed by atoms with E-state index in [2.05, 4.69) is 9.98 Å². The summed E-state index contributed by atoms with van der Waals surface area (Å²) >= 11 is 1.49. The average Bonchev–Trinajstić information content (AvgIpc) is 2.52. The number of aliphatic imine (C=N–C) groups is 2. The van der Waals surface area contributed by atoms with Gasteiger partial charge in [0.2, 0.25) is 0 Å². The van der Waals surface area contributed by atoms with Crippen molar-refractivity contribution in [1.29, 1.82) is 0 Å². The second kappa shape index (κ2) is 6.39. The number of nitrogens with zero attached hydrogens (tertiary/aromatic N) is 3. The number of carbonyl (C=O) groups is 1. The van der Waals surface area contributed by atoms with Crippen LogP contribution in [0.2, 0.25) is 0 Å². The van der Waals surface area contributed by atoms with Crippen LogP contribution in [0.4, 0.5) is 10.5 Å². The van der Waals surface area contributed by atoms with Gasteiger partial charge in [-0.2, -0.15) is 4.99 Å². The molecule has 114 valence electrons. The van der Waals surface area contributed by atoms with Crippen LogP contribution < -0.4 is 0 Å². The monoisotopic (exact) mass is 317 g/mol. The van der Waals surface area contributed by atoms with E-state index >= 15 is 0 Å². The molecular formula is C15H15N3O3S. The summed E-state index contributed by atoms with van der Waals surface area (Å²) in [7, 11) is 0. The van der Waals surface area contributed by atoms with E-state index in [1.165, 1.54) is 17.8 Å². The molecule has 1 unspecified atom stereocenters. The minimum Gasteiger partial charge on any atom is -0.258 e. The van der Waals surface area contributed by atoms with E-state index in [1.807, 2.05) is 6.07 Å². The van der Waals surface area contributed by atoms with Crippen LogP contribution in [0.15, 0.2) is 34.3 Å². The first-order chi connectivity index (χ1) is 10.6. The van der Waals surface area contributed by atoms with Crippen LogP contribution in [0.1, 0.15) is 31.2 Å². The smallest absolute Gasteiger partial charge is 0.258 e. The van der Waals surface area contributed by atoms with Crippen molar-refractivity contribution in [2.75, 3.05) is 0 Å². The lowest BCUT2D eigenvalue weighted by Crippen LogP contribution is -2.30. The predicted octanol–water partition coefficient (Wildman–Crippen LogP) is 3.99. The number of nitro benzene ring substituents is 1. The number of thioether (sulfide) groups is 1. The van der Waals surface area contributed by atoms with Crippen LogP contribution in [0, 0.1) is 16.0 Å². The molecule has 0 N–H and O–H groups in total. The molecule has 2 amide bonds. The zero-order valence-electron chi connectivity index (χ0n) is 11.9. The molecule has 6 nitrogen and oxygen atoms in total. The predicted molar refractivity (Wildman–Crippen MR) is 86.6 cm³/mol. The minimum absolute atomic E-state index is 0.0830. The number of hydrogen-bond donors (Lipinski definition) is 0. The number of non-ortho nitro benzene ring substituents is 1. The van der Waals surface area contributed by atoms with Crippen LogP contribution in [-0.2, 0) is 5.75 Å². The largest absolute Gasteiger partial charge is 0.367 e. The summed E-state index contributed by atoms with van der Waals surface area (Å²) in [6.07, 6.45) is 4.04. The molecule has 0 bridgehead atoms. The van der Waals surface area contributed by atoms with Gasteiger partial charge in [0.1, 0.15) is 0 Å². The van der Waals surface area contributed by atoms with Gasteiger partial charge in [-0.1, -0.05) is 18.6 Å². The lowest BCUT2D eigenvalue weighted by molar-refractivity contribution is -0.384. The van der Waals surface area contributed by atoms with Crippen molar-refractivity contribution in [3.63, 3.8) is 0 Å². The molecule has 0 spiro atoms. The SMILES string of the molecule is O=C1N=C2CCCCC2C(SCc2cccc([N+](=O)[O-])c2)=N1. The highest BCUT2D eigenvalue weighted by atomic mass is 32.2. The Morgan fingerprint density at radius 2 is 2.18 bits per heavy atom. The van der Waals surface area contributed by atoms with Gasteiger partial charge in [0.15, 0.2) is 0 Å². The first kappa shape index (κ1) is 14.9. The molecule has 1 atom stereocenters. The van der Waals surface area contributed by atoms with Crippen molar-refractivity contribution in [1.82, 2.24) is 0 Å². The number of benzene rings is 1. The molecule has 1 aliphatic carbocycles. The summed E-state index contributed by atoms with van der Waals surface area (Å²) in [5.41, 5.74) is 1.89. The lowest BCUT2D eigenvalue weighted by Gasteiger charge is -2.27. The van der Waals surface area contributed by atoms with Crippen LogP contribution in [0.25, 0.3) is 0 Å².